The lowest BCUT2D eigenvalue weighted by molar-refractivity contribution is -0.139. The molecule has 0 aromatic rings. The van der Waals surface area contributed by atoms with Gasteiger partial charge in [-0.15, -0.1) is 0 Å². The number of aliphatic carboxylic acids is 2. The van der Waals surface area contributed by atoms with Crippen molar-refractivity contribution in [1.29, 1.82) is 0 Å². The Balaban J connectivity index is -0.000000333. The van der Waals surface area contributed by atoms with Crippen LogP contribution in [0.4, 0.5) is 0 Å². The Bertz CT molecular complexity index is 302. The molecule has 0 aliphatic rings. The number of carbonyl (C=O) groups is 2. The van der Waals surface area contributed by atoms with Gasteiger partial charge in [-0.1, -0.05) is 55.4 Å². The Morgan fingerprint density at radius 1 is 0.739 bits per heavy atom. The summed E-state index contributed by atoms with van der Waals surface area (Å²) in [6, 6.07) is 0. The fourth-order valence-corrected chi connectivity index (χ4v) is 2.83. The van der Waals surface area contributed by atoms with E-state index in [0.29, 0.717) is 0 Å². The second-order valence-corrected chi connectivity index (χ2v) is 8.94. The monoisotopic (exact) mass is 334 g/mol. The van der Waals surface area contributed by atoms with Crippen LogP contribution in [-0.4, -0.2) is 27.6 Å². The predicted molar refractivity (Wildman–Crippen MR) is 94.6 cm³/mol. The third-order valence-electron chi connectivity index (χ3n) is 2.97. The van der Waals surface area contributed by atoms with Gasteiger partial charge in [0.1, 0.15) is 0 Å². The second-order valence-electron chi connectivity index (χ2n) is 8.94. The van der Waals surface area contributed by atoms with Gasteiger partial charge in [-0.25, -0.2) is 0 Å². The minimum atomic E-state index is -0.693. The summed E-state index contributed by atoms with van der Waals surface area (Å²) in [5.41, 5.74) is 0.490. The standard InChI is InChI=1S/2C9H18O2.H2O/c2*1-7(5-8(10)11)6-9(2,3)4;/h2*7H,5-6H2,1-4H3,(H,10,11);1H2. The van der Waals surface area contributed by atoms with Gasteiger partial charge < -0.3 is 15.7 Å². The molecule has 0 saturated heterocycles. The molecular formula is C18H38O5. The fourth-order valence-electron chi connectivity index (χ4n) is 2.83. The Kier molecular flexibility index (Phi) is 13.3. The van der Waals surface area contributed by atoms with Crippen molar-refractivity contribution >= 4 is 11.9 Å². The maximum atomic E-state index is 10.3. The molecule has 140 valence electrons. The van der Waals surface area contributed by atoms with Crippen LogP contribution >= 0.6 is 0 Å². The smallest absolute Gasteiger partial charge is 0.303 e. The maximum absolute atomic E-state index is 10.3. The molecule has 5 heteroatoms. The first-order valence-electron chi connectivity index (χ1n) is 8.06. The molecular weight excluding hydrogens is 296 g/mol. The predicted octanol–water partition coefficient (Wildman–Crippen LogP) is 4.24. The molecule has 0 radical (unpaired) electrons. The van der Waals surface area contributed by atoms with Gasteiger partial charge in [-0.05, 0) is 35.5 Å². The number of hydrogen-bond donors (Lipinski definition) is 2. The van der Waals surface area contributed by atoms with Crippen molar-refractivity contribution < 1.29 is 25.3 Å². The normalized spacial score (nSPS) is 13.9. The number of hydrogen-bond acceptors (Lipinski definition) is 2. The molecule has 0 amide bonds. The average Bonchev–Trinajstić information content (AvgIpc) is 2.07. The minimum absolute atomic E-state index is 0. The van der Waals surface area contributed by atoms with E-state index in [-0.39, 0.29) is 41.0 Å². The lowest BCUT2D eigenvalue weighted by Gasteiger charge is -2.21. The molecule has 5 nitrogen and oxygen atoms in total. The topological polar surface area (TPSA) is 106 Å². The summed E-state index contributed by atoms with van der Waals surface area (Å²) in [6.07, 6.45) is 2.52. The van der Waals surface area contributed by atoms with Crippen molar-refractivity contribution in [2.45, 2.75) is 81.1 Å². The Morgan fingerprint density at radius 3 is 1.09 bits per heavy atom. The highest BCUT2D eigenvalue weighted by Gasteiger charge is 2.17. The van der Waals surface area contributed by atoms with Crippen LogP contribution in [0, 0.1) is 22.7 Å². The zero-order valence-electron chi connectivity index (χ0n) is 16.2. The quantitative estimate of drug-likeness (QED) is 0.757. The molecule has 2 atom stereocenters. The molecule has 0 bridgehead atoms. The van der Waals surface area contributed by atoms with Crippen LogP contribution in [0.1, 0.15) is 81.1 Å². The second kappa shape index (κ2) is 11.4. The van der Waals surface area contributed by atoms with E-state index < -0.39 is 11.9 Å². The van der Waals surface area contributed by atoms with E-state index in [1.54, 1.807) is 0 Å². The van der Waals surface area contributed by atoms with E-state index in [2.05, 4.69) is 41.5 Å². The summed E-state index contributed by atoms with van der Waals surface area (Å²) in [5, 5.41) is 17.0. The molecule has 0 aliphatic carbocycles. The van der Waals surface area contributed by atoms with Crippen LogP contribution in [0.25, 0.3) is 0 Å². The van der Waals surface area contributed by atoms with Crippen molar-refractivity contribution in [2.24, 2.45) is 22.7 Å². The van der Waals surface area contributed by atoms with E-state index in [4.69, 9.17) is 10.2 Å². The molecule has 0 fully saturated rings. The molecule has 0 aromatic carbocycles. The highest BCUT2D eigenvalue weighted by atomic mass is 16.4. The molecule has 0 aromatic heterocycles. The fraction of sp³-hybridized carbons (Fsp3) is 0.889. The molecule has 4 N–H and O–H groups in total. The molecule has 0 heterocycles. The summed E-state index contributed by atoms with van der Waals surface area (Å²) in [6.45, 7) is 16.8. The number of rotatable bonds is 6. The van der Waals surface area contributed by atoms with Crippen LogP contribution in [0.15, 0.2) is 0 Å². The Morgan fingerprint density at radius 2 is 0.957 bits per heavy atom. The molecule has 0 aliphatic heterocycles. The highest BCUT2D eigenvalue weighted by molar-refractivity contribution is 5.67. The third-order valence-corrected chi connectivity index (χ3v) is 2.97. The molecule has 0 spiro atoms. The van der Waals surface area contributed by atoms with Crippen molar-refractivity contribution in [3.63, 3.8) is 0 Å². The first kappa shape index (κ1) is 26.8. The summed E-state index contributed by atoms with van der Waals surface area (Å²) < 4.78 is 0. The first-order chi connectivity index (χ1) is 9.62. The van der Waals surface area contributed by atoms with Crippen LogP contribution < -0.4 is 0 Å². The van der Waals surface area contributed by atoms with Crippen molar-refractivity contribution in [2.75, 3.05) is 0 Å². The number of carboxylic acid groups (broad SMARTS) is 2. The zero-order chi connectivity index (χ0) is 18.1. The highest BCUT2D eigenvalue weighted by Crippen LogP contribution is 2.26. The van der Waals surface area contributed by atoms with E-state index in [9.17, 15) is 9.59 Å². The van der Waals surface area contributed by atoms with Crippen molar-refractivity contribution in [3.05, 3.63) is 0 Å². The van der Waals surface area contributed by atoms with Gasteiger partial charge in [-0.3, -0.25) is 9.59 Å². The lowest BCUT2D eigenvalue weighted by Crippen LogP contribution is -2.13. The third kappa shape index (κ3) is 26.1. The molecule has 23 heavy (non-hydrogen) atoms. The van der Waals surface area contributed by atoms with Gasteiger partial charge in [0.25, 0.3) is 0 Å². The zero-order valence-corrected chi connectivity index (χ0v) is 16.2. The average molecular weight is 334 g/mol. The lowest BCUT2D eigenvalue weighted by atomic mass is 9.84. The van der Waals surface area contributed by atoms with Crippen LogP contribution in [-0.2, 0) is 9.59 Å². The molecule has 2 unspecified atom stereocenters. The SMILES string of the molecule is CC(CC(=O)O)CC(C)(C)C.CC(CC(=O)O)CC(C)(C)C.O. The van der Waals surface area contributed by atoms with Gasteiger partial charge in [-0.2, -0.15) is 0 Å². The summed E-state index contributed by atoms with van der Waals surface area (Å²) in [7, 11) is 0. The minimum Gasteiger partial charge on any atom is -0.481 e. The van der Waals surface area contributed by atoms with Crippen LogP contribution in [0.3, 0.4) is 0 Å². The molecule has 0 saturated carbocycles. The Hall–Kier alpha value is -1.10. The van der Waals surface area contributed by atoms with Gasteiger partial charge in [0.05, 0.1) is 0 Å². The first-order valence-corrected chi connectivity index (χ1v) is 8.06. The van der Waals surface area contributed by atoms with Gasteiger partial charge >= 0.3 is 11.9 Å². The van der Waals surface area contributed by atoms with Crippen LogP contribution in [0.2, 0.25) is 0 Å². The van der Waals surface area contributed by atoms with Crippen LogP contribution in [0.5, 0.6) is 0 Å². The maximum Gasteiger partial charge on any atom is 0.303 e. The van der Waals surface area contributed by atoms with Gasteiger partial charge in [0, 0.05) is 12.8 Å². The largest absolute Gasteiger partial charge is 0.481 e. The summed E-state index contributed by atoms with van der Waals surface area (Å²) in [4.78, 5) is 20.6. The van der Waals surface area contributed by atoms with E-state index in [1.165, 1.54) is 0 Å². The molecule has 0 rings (SSSR count). The van der Waals surface area contributed by atoms with E-state index >= 15 is 0 Å². The number of carboxylic acids is 2. The Labute approximate surface area is 141 Å². The van der Waals surface area contributed by atoms with E-state index in [1.807, 2.05) is 13.8 Å². The van der Waals surface area contributed by atoms with Crippen molar-refractivity contribution in [1.82, 2.24) is 0 Å². The van der Waals surface area contributed by atoms with Crippen molar-refractivity contribution in [3.8, 4) is 0 Å². The summed E-state index contributed by atoms with van der Waals surface area (Å²) in [5.74, 6) is -0.816. The van der Waals surface area contributed by atoms with Gasteiger partial charge in [0.2, 0.25) is 0 Å². The summed E-state index contributed by atoms with van der Waals surface area (Å²) >= 11 is 0. The van der Waals surface area contributed by atoms with E-state index in [0.717, 1.165) is 12.8 Å². The van der Waals surface area contributed by atoms with Gasteiger partial charge in [0.15, 0.2) is 0 Å².